The number of halogens is 1. The van der Waals surface area contributed by atoms with Crippen LogP contribution in [0, 0.1) is 0 Å². The van der Waals surface area contributed by atoms with Crippen molar-refractivity contribution in [1.82, 2.24) is 4.90 Å². The Balaban J connectivity index is 2.25. The van der Waals surface area contributed by atoms with Crippen LogP contribution in [0.25, 0.3) is 0 Å². The van der Waals surface area contributed by atoms with Gasteiger partial charge in [-0.25, -0.2) is 4.79 Å². The first-order valence-corrected chi connectivity index (χ1v) is 5.14. The molecule has 1 amide bonds. The highest BCUT2D eigenvalue weighted by Crippen LogP contribution is 2.30. The Morgan fingerprint density at radius 1 is 1.50 bits per heavy atom. The predicted octanol–water partition coefficient (Wildman–Crippen LogP) is 2.57. The van der Waals surface area contributed by atoms with Gasteiger partial charge in [0.25, 0.3) is 0 Å². The minimum atomic E-state index is -0.259. The van der Waals surface area contributed by atoms with E-state index in [1.165, 1.54) is 0 Å². The summed E-state index contributed by atoms with van der Waals surface area (Å²) in [6.07, 6.45) is -0.408. The van der Waals surface area contributed by atoms with Gasteiger partial charge >= 0.3 is 6.09 Å². The summed E-state index contributed by atoms with van der Waals surface area (Å²) in [4.78, 5) is 12.7. The highest BCUT2D eigenvalue weighted by molar-refractivity contribution is 9.10. The zero-order valence-electron chi connectivity index (χ0n) is 7.74. The van der Waals surface area contributed by atoms with Crippen molar-refractivity contribution in [2.75, 3.05) is 13.6 Å². The Hall–Kier alpha value is -1.03. The Morgan fingerprint density at radius 2 is 2.21 bits per heavy atom. The van der Waals surface area contributed by atoms with Gasteiger partial charge in [-0.2, -0.15) is 0 Å². The number of amides is 1. The fraction of sp³-hybridized carbons (Fsp3) is 0.300. The zero-order valence-corrected chi connectivity index (χ0v) is 9.32. The Labute approximate surface area is 90.8 Å². The molecule has 0 unspecified atom stereocenters. The van der Waals surface area contributed by atoms with E-state index in [1.807, 2.05) is 24.3 Å². The minimum absolute atomic E-state index is 0.150. The second kappa shape index (κ2) is 3.61. The number of likely N-dealkylation sites (N-methyl/N-ethyl adjacent to an activating group) is 1. The van der Waals surface area contributed by atoms with Gasteiger partial charge in [-0.3, -0.25) is 0 Å². The molecule has 74 valence electrons. The van der Waals surface area contributed by atoms with Gasteiger partial charge in [-0.1, -0.05) is 34.1 Å². The number of nitrogens with zero attached hydrogens (tertiary/aromatic N) is 1. The standard InChI is InChI=1S/C10H10BrNO2/c1-12-6-9(14-10(12)13)7-4-2-3-5-8(7)11/h2-5,9H,6H2,1H3/t9-/m1/s1. The van der Waals surface area contributed by atoms with Gasteiger partial charge < -0.3 is 9.64 Å². The first-order valence-electron chi connectivity index (χ1n) is 4.34. The summed E-state index contributed by atoms with van der Waals surface area (Å²) in [5, 5.41) is 0. The van der Waals surface area contributed by atoms with Gasteiger partial charge in [0, 0.05) is 17.1 Å². The van der Waals surface area contributed by atoms with Crippen LogP contribution >= 0.6 is 15.9 Å². The maximum Gasteiger partial charge on any atom is 0.410 e. The van der Waals surface area contributed by atoms with Crippen LogP contribution in [0.3, 0.4) is 0 Å². The number of hydrogen-bond acceptors (Lipinski definition) is 2. The van der Waals surface area contributed by atoms with Crippen molar-refractivity contribution >= 4 is 22.0 Å². The lowest BCUT2D eigenvalue weighted by molar-refractivity contribution is 0.134. The van der Waals surface area contributed by atoms with E-state index in [0.29, 0.717) is 6.54 Å². The summed E-state index contributed by atoms with van der Waals surface area (Å²) in [6, 6.07) is 7.78. The Kier molecular flexibility index (Phi) is 2.46. The highest BCUT2D eigenvalue weighted by atomic mass is 79.9. The second-order valence-corrected chi connectivity index (χ2v) is 4.13. The van der Waals surface area contributed by atoms with E-state index < -0.39 is 0 Å². The van der Waals surface area contributed by atoms with Crippen molar-refractivity contribution in [3.8, 4) is 0 Å². The normalized spacial score (nSPS) is 21.1. The molecule has 0 aromatic heterocycles. The molecule has 0 radical (unpaired) electrons. The fourth-order valence-electron chi connectivity index (χ4n) is 1.47. The lowest BCUT2D eigenvalue weighted by Gasteiger charge is -2.09. The van der Waals surface area contributed by atoms with Crippen LogP contribution in [-0.2, 0) is 4.74 Å². The van der Waals surface area contributed by atoms with E-state index >= 15 is 0 Å². The molecule has 14 heavy (non-hydrogen) atoms. The predicted molar refractivity (Wildman–Crippen MR) is 56.0 cm³/mol. The number of rotatable bonds is 1. The molecular formula is C10H10BrNO2. The SMILES string of the molecule is CN1C[C@H](c2ccccc2Br)OC1=O. The van der Waals surface area contributed by atoms with Gasteiger partial charge in [-0.05, 0) is 6.07 Å². The molecule has 0 bridgehead atoms. The molecule has 1 atom stereocenters. The number of carbonyl (C=O) groups is 1. The summed E-state index contributed by atoms with van der Waals surface area (Å²) in [7, 11) is 1.74. The van der Waals surface area contributed by atoms with Crippen LogP contribution in [-0.4, -0.2) is 24.6 Å². The molecular weight excluding hydrogens is 246 g/mol. The van der Waals surface area contributed by atoms with Crippen molar-refractivity contribution in [1.29, 1.82) is 0 Å². The number of ether oxygens (including phenoxy) is 1. The van der Waals surface area contributed by atoms with E-state index in [0.717, 1.165) is 10.0 Å². The van der Waals surface area contributed by atoms with E-state index in [9.17, 15) is 4.79 Å². The fourth-order valence-corrected chi connectivity index (χ4v) is 2.01. The molecule has 0 N–H and O–H groups in total. The minimum Gasteiger partial charge on any atom is -0.439 e. The number of benzene rings is 1. The smallest absolute Gasteiger partial charge is 0.410 e. The lowest BCUT2D eigenvalue weighted by Crippen LogP contribution is -2.17. The summed E-state index contributed by atoms with van der Waals surface area (Å²) >= 11 is 3.44. The van der Waals surface area contributed by atoms with E-state index in [1.54, 1.807) is 11.9 Å². The maximum atomic E-state index is 11.2. The van der Waals surface area contributed by atoms with E-state index in [-0.39, 0.29) is 12.2 Å². The molecule has 3 nitrogen and oxygen atoms in total. The number of carbonyl (C=O) groups excluding carboxylic acids is 1. The summed E-state index contributed by atoms with van der Waals surface area (Å²) < 4.78 is 6.18. The molecule has 1 aromatic rings. The van der Waals surface area contributed by atoms with Gasteiger partial charge in [0.05, 0.1) is 6.54 Å². The lowest BCUT2D eigenvalue weighted by atomic mass is 10.1. The van der Waals surface area contributed by atoms with Crippen LogP contribution < -0.4 is 0 Å². The van der Waals surface area contributed by atoms with Crippen molar-refractivity contribution in [3.63, 3.8) is 0 Å². The molecule has 4 heteroatoms. The average Bonchev–Trinajstić information content (AvgIpc) is 2.48. The molecule has 1 aliphatic heterocycles. The molecule has 2 rings (SSSR count). The zero-order chi connectivity index (χ0) is 10.1. The van der Waals surface area contributed by atoms with Crippen molar-refractivity contribution in [2.45, 2.75) is 6.10 Å². The molecule has 0 saturated carbocycles. The van der Waals surface area contributed by atoms with Crippen LogP contribution in [0.5, 0.6) is 0 Å². The third-order valence-electron chi connectivity index (χ3n) is 2.25. The van der Waals surface area contributed by atoms with Crippen molar-refractivity contribution < 1.29 is 9.53 Å². The molecule has 1 fully saturated rings. The van der Waals surface area contributed by atoms with Gasteiger partial charge in [0.1, 0.15) is 6.10 Å². The topological polar surface area (TPSA) is 29.5 Å². The van der Waals surface area contributed by atoms with Gasteiger partial charge in [0.2, 0.25) is 0 Å². The average molecular weight is 256 g/mol. The quantitative estimate of drug-likeness (QED) is 0.772. The van der Waals surface area contributed by atoms with E-state index in [2.05, 4.69) is 15.9 Å². The van der Waals surface area contributed by atoms with Crippen LogP contribution in [0.4, 0.5) is 4.79 Å². The number of cyclic esters (lactones) is 1. The molecule has 1 saturated heterocycles. The van der Waals surface area contributed by atoms with Gasteiger partial charge in [0.15, 0.2) is 0 Å². The van der Waals surface area contributed by atoms with E-state index in [4.69, 9.17) is 4.74 Å². The van der Waals surface area contributed by atoms with Crippen LogP contribution in [0.15, 0.2) is 28.7 Å². The summed E-state index contributed by atoms with van der Waals surface area (Å²) in [6.45, 7) is 0.613. The summed E-state index contributed by atoms with van der Waals surface area (Å²) in [5.74, 6) is 0. The molecule has 0 spiro atoms. The van der Waals surface area contributed by atoms with Crippen molar-refractivity contribution in [3.05, 3.63) is 34.3 Å². The first kappa shape index (κ1) is 9.52. The van der Waals surface area contributed by atoms with Gasteiger partial charge in [-0.15, -0.1) is 0 Å². The Bertz CT molecular complexity index is 367. The third kappa shape index (κ3) is 1.62. The molecule has 1 aliphatic rings. The third-order valence-corrected chi connectivity index (χ3v) is 2.97. The molecule has 1 aromatic carbocycles. The Morgan fingerprint density at radius 3 is 2.79 bits per heavy atom. The summed E-state index contributed by atoms with van der Waals surface area (Å²) in [5.41, 5.74) is 1.02. The second-order valence-electron chi connectivity index (χ2n) is 3.27. The molecule has 1 heterocycles. The number of hydrogen-bond donors (Lipinski definition) is 0. The highest BCUT2D eigenvalue weighted by Gasteiger charge is 2.30. The molecule has 0 aliphatic carbocycles. The van der Waals surface area contributed by atoms with Crippen molar-refractivity contribution in [2.24, 2.45) is 0 Å². The monoisotopic (exact) mass is 255 g/mol. The first-order chi connectivity index (χ1) is 6.68. The maximum absolute atomic E-state index is 11.2. The largest absolute Gasteiger partial charge is 0.439 e. The van der Waals surface area contributed by atoms with Crippen LogP contribution in [0.2, 0.25) is 0 Å². The van der Waals surface area contributed by atoms with Crippen LogP contribution in [0.1, 0.15) is 11.7 Å².